The fourth-order valence-electron chi connectivity index (χ4n) is 2.81. The van der Waals surface area contributed by atoms with Crippen LogP contribution in [0.4, 0.5) is 0 Å². The molecule has 0 fully saturated rings. The van der Waals surface area contributed by atoms with Crippen molar-refractivity contribution in [1.29, 1.82) is 0 Å². The van der Waals surface area contributed by atoms with Crippen LogP contribution >= 0.6 is 0 Å². The first-order valence-corrected chi connectivity index (χ1v) is 7.13. The molecule has 0 spiro atoms. The predicted molar refractivity (Wildman–Crippen MR) is 78.1 cm³/mol. The van der Waals surface area contributed by atoms with Crippen molar-refractivity contribution in [1.82, 2.24) is 14.7 Å². The standard InChI is InChI=1S/C16H21N3/c1-13-15(19-10-6-5-9-16(19)18-13)12-17-11-14-7-3-2-4-8-14/h2-3,5-6,9-10,14,17H,4,7-8,11-12H2,1H3. The molecule has 1 atom stereocenters. The van der Waals surface area contributed by atoms with E-state index in [9.17, 15) is 0 Å². The van der Waals surface area contributed by atoms with E-state index in [1.165, 1.54) is 25.0 Å². The van der Waals surface area contributed by atoms with E-state index in [1.807, 2.05) is 6.07 Å². The highest BCUT2D eigenvalue weighted by atomic mass is 15.0. The van der Waals surface area contributed by atoms with Crippen LogP contribution in [0.3, 0.4) is 0 Å². The lowest BCUT2D eigenvalue weighted by Gasteiger charge is -2.18. The normalized spacial score (nSPS) is 19.1. The fourth-order valence-corrected chi connectivity index (χ4v) is 2.81. The Hall–Kier alpha value is -1.61. The molecule has 0 radical (unpaired) electrons. The van der Waals surface area contributed by atoms with E-state index >= 15 is 0 Å². The minimum Gasteiger partial charge on any atom is -0.311 e. The van der Waals surface area contributed by atoms with Crippen LogP contribution in [-0.4, -0.2) is 15.9 Å². The number of hydrogen-bond donors (Lipinski definition) is 1. The van der Waals surface area contributed by atoms with Crippen LogP contribution in [0, 0.1) is 12.8 Å². The van der Waals surface area contributed by atoms with Crippen molar-refractivity contribution in [3.05, 3.63) is 47.9 Å². The van der Waals surface area contributed by atoms with Gasteiger partial charge in [-0.1, -0.05) is 18.2 Å². The summed E-state index contributed by atoms with van der Waals surface area (Å²) in [4.78, 5) is 4.59. The molecule has 0 saturated heterocycles. The molecular weight excluding hydrogens is 234 g/mol. The number of aromatic nitrogens is 2. The number of rotatable bonds is 4. The second kappa shape index (κ2) is 5.57. The molecule has 0 amide bonds. The van der Waals surface area contributed by atoms with Gasteiger partial charge in [0.05, 0.1) is 11.4 Å². The number of pyridine rings is 1. The van der Waals surface area contributed by atoms with Crippen LogP contribution in [0.5, 0.6) is 0 Å². The van der Waals surface area contributed by atoms with Crippen molar-refractivity contribution in [2.45, 2.75) is 32.7 Å². The molecule has 19 heavy (non-hydrogen) atoms. The van der Waals surface area contributed by atoms with E-state index in [1.54, 1.807) is 0 Å². The third kappa shape index (κ3) is 2.71. The third-order valence-corrected chi connectivity index (χ3v) is 3.93. The van der Waals surface area contributed by atoms with Crippen LogP contribution in [0.2, 0.25) is 0 Å². The molecule has 0 aromatic carbocycles. The number of hydrogen-bond acceptors (Lipinski definition) is 2. The van der Waals surface area contributed by atoms with Gasteiger partial charge >= 0.3 is 0 Å². The Morgan fingerprint density at radius 3 is 3.16 bits per heavy atom. The molecule has 2 aromatic heterocycles. The maximum absolute atomic E-state index is 4.59. The van der Waals surface area contributed by atoms with Gasteiger partial charge in [-0.15, -0.1) is 0 Å². The maximum Gasteiger partial charge on any atom is 0.137 e. The van der Waals surface area contributed by atoms with Gasteiger partial charge < -0.3 is 9.72 Å². The molecule has 2 heterocycles. The van der Waals surface area contributed by atoms with Crippen LogP contribution in [0.1, 0.15) is 30.7 Å². The summed E-state index contributed by atoms with van der Waals surface area (Å²) in [6.07, 6.45) is 10.5. The molecule has 1 N–H and O–H groups in total. The van der Waals surface area contributed by atoms with Crippen molar-refractivity contribution in [3.8, 4) is 0 Å². The van der Waals surface area contributed by atoms with Gasteiger partial charge in [-0.2, -0.15) is 0 Å². The Morgan fingerprint density at radius 1 is 1.37 bits per heavy atom. The van der Waals surface area contributed by atoms with Gasteiger partial charge in [0.25, 0.3) is 0 Å². The molecule has 0 aliphatic heterocycles. The summed E-state index contributed by atoms with van der Waals surface area (Å²) < 4.78 is 2.18. The van der Waals surface area contributed by atoms with E-state index in [0.717, 1.165) is 30.3 Å². The molecule has 0 saturated carbocycles. The molecule has 3 nitrogen and oxygen atoms in total. The highest BCUT2D eigenvalue weighted by Crippen LogP contribution is 2.17. The lowest BCUT2D eigenvalue weighted by Crippen LogP contribution is -2.24. The number of aryl methyl sites for hydroxylation is 1. The first kappa shape index (κ1) is 12.4. The molecule has 0 bridgehead atoms. The van der Waals surface area contributed by atoms with Crippen molar-refractivity contribution >= 4 is 5.65 Å². The zero-order chi connectivity index (χ0) is 13.1. The van der Waals surface area contributed by atoms with Crippen LogP contribution in [0.15, 0.2) is 36.5 Å². The fraction of sp³-hybridized carbons (Fsp3) is 0.438. The predicted octanol–water partition coefficient (Wildman–Crippen LogP) is 3.09. The van der Waals surface area contributed by atoms with E-state index < -0.39 is 0 Å². The zero-order valence-electron chi connectivity index (χ0n) is 11.5. The summed E-state index contributed by atoms with van der Waals surface area (Å²) >= 11 is 0. The van der Waals surface area contributed by atoms with Crippen LogP contribution in [0.25, 0.3) is 5.65 Å². The molecule has 2 aromatic rings. The van der Waals surface area contributed by atoms with Gasteiger partial charge in [-0.25, -0.2) is 4.98 Å². The summed E-state index contributed by atoms with van der Waals surface area (Å²) in [7, 11) is 0. The molecule has 1 unspecified atom stereocenters. The maximum atomic E-state index is 4.59. The van der Waals surface area contributed by atoms with Gasteiger partial charge in [-0.05, 0) is 50.8 Å². The summed E-state index contributed by atoms with van der Waals surface area (Å²) in [5.74, 6) is 0.796. The van der Waals surface area contributed by atoms with E-state index in [-0.39, 0.29) is 0 Å². The SMILES string of the molecule is Cc1nc2ccccn2c1CNCC1CC=CCC1. The van der Waals surface area contributed by atoms with Gasteiger partial charge in [-0.3, -0.25) is 0 Å². The Bertz CT molecular complexity index is 583. The van der Waals surface area contributed by atoms with Gasteiger partial charge in [0, 0.05) is 12.7 Å². The largest absolute Gasteiger partial charge is 0.311 e. The Balaban J connectivity index is 1.65. The first-order valence-electron chi connectivity index (χ1n) is 7.13. The van der Waals surface area contributed by atoms with Gasteiger partial charge in [0.1, 0.15) is 5.65 Å². The summed E-state index contributed by atoms with van der Waals surface area (Å²) in [5, 5.41) is 3.60. The number of allylic oxidation sites excluding steroid dienone is 2. The number of nitrogens with one attached hydrogen (secondary N) is 1. The van der Waals surface area contributed by atoms with Gasteiger partial charge in [0.15, 0.2) is 0 Å². The summed E-state index contributed by atoms with van der Waals surface area (Å²) in [6, 6.07) is 6.15. The van der Waals surface area contributed by atoms with Gasteiger partial charge in [0.2, 0.25) is 0 Å². The third-order valence-electron chi connectivity index (χ3n) is 3.93. The monoisotopic (exact) mass is 255 g/mol. The second-order valence-corrected chi connectivity index (χ2v) is 5.35. The number of fused-ring (bicyclic) bond motifs is 1. The molecule has 3 rings (SSSR count). The average Bonchev–Trinajstić information content (AvgIpc) is 2.76. The summed E-state index contributed by atoms with van der Waals surface area (Å²) in [6.45, 7) is 4.09. The quantitative estimate of drug-likeness (QED) is 0.851. The minimum absolute atomic E-state index is 0.796. The van der Waals surface area contributed by atoms with Crippen LogP contribution < -0.4 is 5.32 Å². The van der Waals surface area contributed by atoms with E-state index in [4.69, 9.17) is 0 Å². The Kier molecular flexibility index (Phi) is 3.65. The van der Waals surface area contributed by atoms with E-state index in [2.05, 4.69) is 52.1 Å². The summed E-state index contributed by atoms with van der Waals surface area (Å²) in [5.41, 5.74) is 3.45. The zero-order valence-corrected chi connectivity index (χ0v) is 11.5. The lowest BCUT2D eigenvalue weighted by molar-refractivity contribution is 0.438. The van der Waals surface area contributed by atoms with E-state index in [0.29, 0.717) is 0 Å². The second-order valence-electron chi connectivity index (χ2n) is 5.35. The van der Waals surface area contributed by atoms with Crippen molar-refractivity contribution in [3.63, 3.8) is 0 Å². The Morgan fingerprint density at radius 2 is 2.32 bits per heavy atom. The molecule has 3 heteroatoms. The van der Waals surface area contributed by atoms with Crippen molar-refractivity contribution in [2.24, 2.45) is 5.92 Å². The van der Waals surface area contributed by atoms with Crippen molar-refractivity contribution in [2.75, 3.05) is 6.54 Å². The number of imidazole rings is 1. The first-order chi connectivity index (χ1) is 9.34. The highest BCUT2D eigenvalue weighted by Gasteiger charge is 2.11. The highest BCUT2D eigenvalue weighted by molar-refractivity contribution is 5.42. The smallest absolute Gasteiger partial charge is 0.137 e. The average molecular weight is 255 g/mol. The lowest BCUT2D eigenvalue weighted by atomic mass is 9.94. The number of nitrogens with zero attached hydrogens (tertiary/aromatic N) is 2. The molecule has 1 aliphatic rings. The minimum atomic E-state index is 0.796. The Labute approximate surface area is 114 Å². The van der Waals surface area contributed by atoms with Crippen molar-refractivity contribution < 1.29 is 0 Å². The van der Waals surface area contributed by atoms with Crippen LogP contribution in [-0.2, 0) is 6.54 Å². The topological polar surface area (TPSA) is 29.3 Å². The molecule has 100 valence electrons. The molecule has 1 aliphatic carbocycles. The molecular formula is C16H21N3.